The van der Waals surface area contributed by atoms with Crippen LogP contribution in [0.5, 0.6) is 0 Å². The molecule has 1 aromatic carbocycles. The van der Waals surface area contributed by atoms with Crippen molar-refractivity contribution in [1.29, 1.82) is 0 Å². The highest BCUT2D eigenvalue weighted by molar-refractivity contribution is 5.80. The fourth-order valence-electron chi connectivity index (χ4n) is 3.79. The lowest BCUT2D eigenvalue weighted by atomic mass is 9.96. The van der Waals surface area contributed by atoms with Crippen LogP contribution in [0.15, 0.2) is 35.3 Å². The maximum absolute atomic E-state index is 12.5. The summed E-state index contributed by atoms with van der Waals surface area (Å²) in [5.41, 5.74) is -0.145. The van der Waals surface area contributed by atoms with E-state index in [2.05, 4.69) is 15.7 Å². The zero-order valence-electron chi connectivity index (χ0n) is 14.1. The van der Waals surface area contributed by atoms with Crippen molar-refractivity contribution in [3.63, 3.8) is 0 Å². The SMILES string of the molecule is CC(Cn1ncc2ccccc2c1=O)NC(=O)N[C@@H]1C[C@@H]2CC[C@H]1O2. The number of urea groups is 1. The molecule has 2 aliphatic rings. The number of nitrogens with one attached hydrogen (secondary N) is 2. The highest BCUT2D eigenvalue weighted by Gasteiger charge is 2.41. The molecule has 3 heterocycles. The van der Waals surface area contributed by atoms with Crippen LogP contribution in [0.3, 0.4) is 0 Å². The van der Waals surface area contributed by atoms with Gasteiger partial charge in [0.2, 0.25) is 0 Å². The van der Waals surface area contributed by atoms with Crippen molar-refractivity contribution < 1.29 is 9.53 Å². The number of carbonyl (C=O) groups is 1. The first-order chi connectivity index (χ1) is 12.1. The van der Waals surface area contributed by atoms with E-state index in [9.17, 15) is 9.59 Å². The van der Waals surface area contributed by atoms with Gasteiger partial charge in [-0.3, -0.25) is 4.79 Å². The Morgan fingerprint density at radius 2 is 2.24 bits per heavy atom. The lowest BCUT2D eigenvalue weighted by Gasteiger charge is -2.22. The Hall–Kier alpha value is -2.41. The number of hydrogen-bond donors (Lipinski definition) is 2. The molecular formula is C18H22N4O3. The van der Waals surface area contributed by atoms with Crippen molar-refractivity contribution >= 4 is 16.8 Å². The molecule has 2 fully saturated rings. The monoisotopic (exact) mass is 342 g/mol. The van der Waals surface area contributed by atoms with Crippen molar-refractivity contribution in [2.45, 2.75) is 57.0 Å². The molecule has 7 nitrogen and oxygen atoms in total. The first-order valence-electron chi connectivity index (χ1n) is 8.77. The van der Waals surface area contributed by atoms with Crippen LogP contribution in [0.25, 0.3) is 10.8 Å². The van der Waals surface area contributed by atoms with Crippen molar-refractivity contribution in [1.82, 2.24) is 20.4 Å². The largest absolute Gasteiger partial charge is 0.373 e. The van der Waals surface area contributed by atoms with Gasteiger partial charge in [-0.15, -0.1) is 0 Å². The summed E-state index contributed by atoms with van der Waals surface area (Å²) < 4.78 is 7.14. The van der Waals surface area contributed by atoms with Crippen LogP contribution in [-0.2, 0) is 11.3 Å². The molecule has 4 atom stereocenters. The van der Waals surface area contributed by atoms with Crippen LogP contribution in [0.1, 0.15) is 26.2 Å². The average Bonchev–Trinajstić information content (AvgIpc) is 3.20. The lowest BCUT2D eigenvalue weighted by Crippen LogP contribution is -2.50. The van der Waals surface area contributed by atoms with E-state index >= 15 is 0 Å². The van der Waals surface area contributed by atoms with Gasteiger partial charge in [-0.1, -0.05) is 18.2 Å². The normalized spacial score (nSPS) is 25.9. The minimum Gasteiger partial charge on any atom is -0.373 e. The van der Waals surface area contributed by atoms with E-state index in [1.54, 1.807) is 12.3 Å². The Morgan fingerprint density at radius 3 is 3.00 bits per heavy atom. The molecule has 132 valence electrons. The lowest BCUT2D eigenvalue weighted by molar-refractivity contribution is 0.0980. The number of ether oxygens (including phenoxy) is 1. The fraction of sp³-hybridized carbons (Fsp3) is 0.500. The molecule has 0 spiro atoms. The molecule has 1 unspecified atom stereocenters. The van der Waals surface area contributed by atoms with E-state index in [1.807, 2.05) is 25.1 Å². The standard InChI is InChI=1S/C18H22N4O3/c1-11(20-18(24)21-15-8-13-6-7-16(15)25-13)10-22-17(23)14-5-3-2-4-12(14)9-19-22/h2-5,9,11,13,15-16H,6-8,10H2,1H3,(H2,20,21,24)/t11?,13-,15+,16+/m0/s1. The van der Waals surface area contributed by atoms with Crippen molar-refractivity contribution in [2.75, 3.05) is 0 Å². The number of fused-ring (bicyclic) bond motifs is 3. The summed E-state index contributed by atoms with van der Waals surface area (Å²) in [6.07, 6.45) is 5.12. The second-order valence-corrected chi connectivity index (χ2v) is 6.95. The van der Waals surface area contributed by atoms with Crippen LogP contribution in [0.2, 0.25) is 0 Å². The summed E-state index contributed by atoms with van der Waals surface area (Å²) >= 11 is 0. The zero-order valence-corrected chi connectivity index (χ0v) is 14.1. The molecule has 25 heavy (non-hydrogen) atoms. The third-order valence-electron chi connectivity index (χ3n) is 5.01. The first kappa shape index (κ1) is 16.1. The summed E-state index contributed by atoms with van der Waals surface area (Å²) in [5, 5.41) is 11.5. The van der Waals surface area contributed by atoms with Crippen molar-refractivity contribution in [3.05, 3.63) is 40.8 Å². The van der Waals surface area contributed by atoms with E-state index in [0.717, 1.165) is 24.6 Å². The van der Waals surface area contributed by atoms with E-state index in [-0.39, 0.29) is 29.8 Å². The van der Waals surface area contributed by atoms with E-state index in [4.69, 9.17) is 4.74 Å². The smallest absolute Gasteiger partial charge is 0.315 e. The maximum Gasteiger partial charge on any atom is 0.315 e. The summed E-state index contributed by atoms with van der Waals surface area (Å²) in [6.45, 7) is 2.19. The number of rotatable bonds is 4. The second kappa shape index (κ2) is 6.48. The number of aromatic nitrogens is 2. The molecule has 2 saturated heterocycles. The fourth-order valence-corrected chi connectivity index (χ4v) is 3.79. The van der Waals surface area contributed by atoms with Crippen LogP contribution >= 0.6 is 0 Å². The molecular weight excluding hydrogens is 320 g/mol. The molecule has 2 bridgehead atoms. The Labute approximate surface area is 145 Å². The summed E-state index contributed by atoms with van der Waals surface area (Å²) in [5.74, 6) is 0. The summed E-state index contributed by atoms with van der Waals surface area (Å²) in [7, 11) is 0. The van der Waals surface area contributed by atoms with Crippen LogP contribution in [0.4, 0.5) is 4.79 Å². The molecule has 7 heteroatoms. The number of benzene rings is 1. The third-order valence-corrected chi connectivity index (χ3v) is 5.01. The summed E-state index contributed by atoms with van der Waals surface area (Å²) in [4.78, 5) is 24.7. The number of carbonyl (C=O) groups excluding carboxylic acids is 1. The van der Waals surface area contributed by atoms with Crippen LogP contribution in [-0.4, -0.2) is 40.1 Å². The molecule has 2 N–H and O–H groups in total. The van der Waals surface area contributed by atoms with Gasteiger partial charge in [0, 0.05) is 11.4 Å². The van der Waals surface area contributed by atoms with Gasteiger partial charge in [0.25, 0.3) is 5.56 Å². The van der Waals surface area contributed by atoms with Crippen LogP contribution in [0, 0.1) is 0 Å². The minimum atomic E-state index is -0.220. The van der Waals surface area contributed by atoms with E-state index in [0.29, 0.717) is 18.0 Å². The van der Waals surface area contributed by atoms with Gasteiger partial charge in [-0.2, -0.15) is 5.10 Å². The topological polar surface area (TPSA) is 85.2 Å². The minimum absolute atomic E-state index is 0.0902. The Kier molecular flexibility index (Phi) is 4.17. The maximum atomic E-state index is 12.5. The summed E-state index contributed by atoms with van der Waals surface area (Å²) in [6, 6.07) is 7.01. The average molecular weight is 342 g/mol. The number of amides is 2. The molecule has 1 aromatic heterocycles. The van der Waals surface area contributed by atoms with Gasteiger partial charge in [-0.25, -0.2) is 9.48 Å². The van der Waals surface area contributed by atoms with E-state index in [1.165, 1.54) is 4.68 Å². The van der Waals surface area contributed by atoms with Gasteiger partial charge in [0.15, 0.2) is 0 Å². The molecule has 0 aliphatic carbocycles. The van der Waals surface area contributed by atoms with E-state index < -0.39 is 0 Å². The third kappa shape index (κ3) is 3.24. The van der Waals surface area contributed by atoms with Crippen molar-refractivity contribution in [2.24, 2.45) is 0 Å². The van der Waals surface area contributed by atoms with Crippen LogP contribution < -0.4 is 16.2 Å². The van der Waals surface area contributed by atoms with Crippen molar-refractivity contribution in [3.8, 4) is 0 Å². The molecule has 2 aromatic rings. The Balaban J connectivity index is 1.37. The molecule has 2 amide bonds. The Bertz CT molecular complexity index is 850. The van der Waals surface area contributed by atoms with Gasteiger partial charge in [0.1, 0.15) is 0 Å². The second-order valence-electron chi connectivity index (χ2n) is 6.95. The highest BCUT2D eigenvalue weighted by atomic mass is 16.5. The molecule has 0 saturated carbocycles. The van der Waals surface area contributed by atoms with Gasteiger partial charge in [-0.05, 0) is 32.3 Å². The number of hydrogen-bond acceptors (Lipinski definition) is 4. The predicted octanol–water partition coefficient (Wildman–Crippen LogP) is 1.40. The first-order valence-corrected chi connectivity index (χ1v) is 8.77. The molecule has 4 rings (SSSR count). The quantitative estimate of drug-likeness (QED) is 0.880. The van der Waals surface area contributed by atoms with Gasteiger partial charge >= 0.3 is 6.03 Å². The Morgan fingerprint density at radius 1 is 1.40 bits per heavy atom. The van der Waals surface area contributed by atoms with Gasteiger partial charge in [0.05, 0.1) is 36.4 Å². The zero-order chi connectivity index (χ0) is 17.4. The molecule has 2 aliphatic heterocycles. The predicted molar refractivity (Wildman–Crippen MR) is 93.4 cm³/mol. The number of nitrogens with zero attached hydrogens (tertiary/aromatic N) is 2. The van der Waals surface area contributed by atoms with Gasteiger partial charge < -0.3 is 15.4 Å². The molecule has 0 radical (unpaired) electrons. The highest BCUT2D eigenvalue weighted by Crippen LogP contribution is 2.34.